The Morgan fingerprint density at radius 1 is 1.44 bits per heavy atom. The smallest absolute Gasteiger partial charge is 0.262 e. The topological polar surface area (TPSA) is 71.3 Å². The SMILES string of the molecule is CC(C)CCOc1ccc(/C=C(\C#N)C(=O)NCC2CCCO2)cc1. The Labute approximate surface area is 149 Å². The van der Waals surface area contributed by atoms with Gasteiger partial charge in [0.2, 0.25) is 0 Å². The first-order valence-electron chi connectivity index (χ1n) is 8.83. The minimum absolute atomic E-state index is 0.0613. The van der Waals surface area contributed by atoms with Crippen LogP contribution in [0.15, 0.2) is 29.8 Å². The number of amides is 1. The van der Waals surface area contributed by atoms with Crippen LogP contribution in [-0.4, -0.2) is 31.8 Å². The molecule has 0 radical (unpaired) electrons. The van der Waals surface area contributed by atoms with Gasteiger partial charge in [-0.1, -0.05) is 26.0 Å². The number of benzene rings is 1. The molecule has 1 aromatic carbocycles. The molecule has 2 rings (SSSR count). The number of nitrogens with one attached hydrogen (secondary N) is 1. The van der Waals surface area contributed by atoms with Gasteiger partial charge in [-0.2, -0.15) is 5.26 Å². The maximum Gasteiger partial charge on any atom is 0.262 e. The lowest BCUT2D eigenvalue weighted by Gasteiger charge is -2.10. The molecule has 0 bridgehead atoms. The van der Waals surface area contributed by atoms with Gasteiger partial charge >= 0.3 is 0 Å². The predicted molar refractivity (Wildman–Crippen MR) is 97.0 cm³/mol. The molecule has 1 aliphatic heterocycles. The highest BCUT2D eigenvalue weighted by molar-refractivity contribution is 6.01. The molecule has 0 spiro atoms. The van der Waals surface area contributed by atoms with Crippen LogP contribution in [0.4, 0.5) is 0 Å². The Hall–Kier alpha value is -2.32. The first-order valence-corrected chi connectivity index (χ1v) is 8.83. The summed E-state index contributed by atoms with van der Waals surface area (Å²) in [5.41, 5.74) is 0.881. The van der Waals surface area contributed by atoms with Crippen molar-refractivity contribution in [1.29, 1.82) is 5.26 Å². The fourth-order valence-electron chi connectivity index (χ4n) is 2.50. The Morgan fingerprint density at radius 2 is 2.20 bits per heavy atom. The zero-order valence-electron chi connectivity index (χ0n) is 15.0. The lowest BCUT2D eigenvalue weighted by atomic mass is 10.1. The van der Waals surface area contributed by atoms with Crippen molar-refractivity contribution < 1.29 is 14.3 Å². The Balaban J connectivity index is 1.89. The zero-order chi connectivity index (χ0) is 18.1. The highest BCUT2D eigenvalue weighted by atomic mass is 16.5. The van der Waals surface area contributed by atoms with Crippen LogP contribution in [0.5, 0.6) is 5.75 Å². The van der Waals surface area contributed by atoms with Crippen LogP contribution in [0.25, 0.3) is 6.08 Å². The molecule has 134 valence electrons. The Morgan fingerprint density at radius 3 is 2.80 bits per heavy atom. The number of nitrogens with zero attached hydrogens (tertiary/aromatic N) is 1. The van der Waals surface area contributed by atoms with E-state index in [0.29, 0.717) is 19.1 Å². The normalized spacial score (nSPS) is 17.4. The standard InChI is InChI=1S/C20H26N2O3/c1-15(2)9-11-25-18-7-5-16(6-8-18)12-17(13-21)20(23)22-14-19-4-3-10-24-19/h5-8,12,15,19H,3-4,9-11,14H2,1-2H3,(H,22,23)/b17-12+. The summed E-state index contributed by atoms with van der Waals surface area (Å²) in [6.45, 7) is 6.19. The fourth-order valence-corrected chi connectivity index (χ4v) is 2.50. The number of carbonyl (C=O) groups is 1. The number of nitriles is 1. The van der Waals surface area contributed by atoms with Crippen molar-refractivity contribution in [2.75, 3.05) is 19.8 Å². The summed E-state index contributed by atoms with van der Waals surface area (Å²) in [7, 11) is 0. The largest absolute Gasteiger partial charge is 0.494 e. The van der Waals surface area contributed by atoms with Crippen LogP contribution in [0, 0.1) is 17.2 Å². The van der Waals surface area contributed by atoms with Gasteiger partial charge in [-0.3, -0.25) is 4.79 Å². The van der Waals surface area contributed by atoms with Crippen molar-refractivity contribution in [1.82, 2.24) is 5.32 Å². The van der Waals surface area contributed by atoms with Gasteiger partial charge in [-0.05, 0) is 49.0 Å². The predicted octanol–water partition coefficient (Wildman–Crippen LogP) is 3.31. The second kappa shape index (κ2) is 9.85. The van der Waals surface area contributed by atoms with Gasteiger partial charge in [0, 0.05) is 13.2 Å². The maximum absolute atomic E-state index is 12.1. The number of hydrogen-bond donors (Lipinski definition) is 1. The van der Waals surface area contributed by atoms with E-state index in [4.69, 9.17) is 9.47 Å². The molecule has 1 atom stereocenters. The molecule has 1 aliphatic rings. The van der Waals surface area contributed by atoms with Gasteiger partial charge in [0.25, 0.3) is 5.91 Å². The monoisotopic (exact) mass is 342 g/mol. The average molecular weight is 342 g/mol. The van der Waals surface area contributed by atoms with E-state index in [1.54, 1.807) is 6.08 Å². The molecule has 1 fully saturated rings. The van der Waals surface area contributed by atoms with Crippen LogP contribution in [0.2, 0.25) is 0 Å². The fraction of sp³-hybridized carbons (Fsp3) is 0.500. The summed E-state index contributed by atoms with van der Waals surface area (Å²) in [5.74, 6) is 1.03. The summed E-state index contributed by atoms with van der Waals surface area (Å²) in [6.07, 6.45) is 4.62. The third-order valence-corrected chi connectivity index (χ3v) is 4.03. The lowest BCUT2D eigenvalue weighted by Crippen LogP contribution is -2.32. The summed E-state index contributed by atoms with van der Waals surface area (Å²) < 4.78 is 11.1. The first kappa shape index (κ1) is 19.0. The van der Waals surface area contributed by atoms with Crippen LogP contribution in [-0.2, 0) is 9.53 Å². The van der Waals surface area contributed by atoms with Crippen molar-refractivity contribution in [3.05, 3.63) is 35.4 Å². The lowest BCUT2D eigenvalue weighted by molar-refractivity contribution is -0.117. The molecular formula is C20H26N2O3. The van der Waals surface area contributed by atoms with Crippen molar-refractivity contribution in [2.45, 2.75) is 39.2 Å². The molecule has 1 aromatic rings. The number of rotatable bonds is 8. The van der Waals surface area contributed by atoms with E-state index in [1.165, 1.54) is 0 Å². The van der Waals surface area contributed by atoms with E-state index in [-0.39, 0.29) is 17.6 Å². The van der Waals surface area contributed by atoms with Crippen LogP contribution in [0.3, 0.4) is 0 Å². The van der Waals surface area contributed by atoms with Crippen LogP contribution < -0.4 is 10.1 Å². The van der Waals surface area contributed by atoms with E-state index in [0.717, 1.165) is 37.2 Å². The summed E-state index contributed by atoms with van der Waals surface area (Å²) in [6, 6.07) is 9.35. The van der Waals surface area contributed by atoms with Crippen LogP contribution in [0.1, 0.15) is 38.7 Å². The molecule has 1 unspecified atom stereocenters. The van der Waals surface area contributed by atoms with Gasteiger partial charge in [-0.25, -0.2) is 0 Å². The quantitative estimate of drug-likeness (QED) is 0.581. The van der Waals surface area contributed by atoms with E-state index >= 15 is 0 Å². The molecule has 0 saturated carbocycles. The molecule has 1 amide bonds. The van der Waals surface area contributed by atoms with Crippen molar-refractivity contribution in [3.63, 3.8) is 0 Å². The van der Waals surface area contributed by atoms with Crippen molar-refractivity contribution >= 4 is 12.0 Å². The van der Waals surface area contributed by atoms with Gasteiger partial charge in [0.15, 0.2) is 0 Å². The summed E-state index contributed by atoms with van der Waals surface area (Å²) in [4.78, 5) is 12.1. The van der Waals surface area contributed by atoms with Crippen molar-refractivity contribution in [3.8, 4) is 11.8 Å². The highest BCUT2D eigenvalue weighted by Crippen LogP contribution is 2.16. The molecule has 5 heteroatoms. The highest BCUT2D eigenvalue weighted by Gasteiger charge is 2.17. The molecule has 1 heterocycles. The molecule has 1 N–H and O–H groups in total. The molecule has 0 aliphatic carbocycles. The van der Waals surface area contributed by atoms with E-state index in [2.05, 4.69) is 19.2 Å². The Bertz CT molecular complexity index is 623. The number of carbonyl (C=O) groups excluding carboxylic acids is 1. The molecule has 25 heavy (non-hydrogen) atoms. The van der Waals surface area contributed by atoms with Gasteiger partial charge in [0.05, 0.1) is 12.7 Å². The second-order valence-electron chi connectivity index (χ2n) is 6.61. The Kier molecular flexibility index (Phi) is 7.49. The molecule has 1 saturated heterocycles. The number of hydrogen-bond acceptors (Lipinski definition) is 4. The molecular weight excluding hydrogens is 316 g/mol. The minimum atomic E-state index is -0.366. The van der Waals surface area contributed by atoms with E-state index in [1.807, 2.05) is 30.3 Å². The van der Waals surface area contributed by atoms with Gasteiger partial charge in [-0.15, -0.1) is 0 Å². The number of ether oxygens (including phenoxy) is 2. The van der Waals surface area contributed by atoms with Crippen LogP contribution >= 0.6 is 0 Å². The van der Waals surface area contributed by atoms with Gasteiger partial charge < -0.3 is 14.8 Å². The third-order valence-electron chi connectivity index (χ3n) is 4.03. The van der Waals surface area contributed by atoms with Gasteiger partial charge in [0.1, 0.15) is 17.4 Å². The van der Waals surface area contributed by atoms with E-state index < -0.39 is 0 Å². The first-order chi connectivity index (χ1) is 12.1. The van der Waals surface area contributed by atoms with Crippen molar-refractivity contribution in [2.24, 2.45) is 5.92 Å². The average Bonchev–Trinajstić information content (AvgIpc) is 3.12. The molecule has 5 nitrogen and oxygen atoms in total. The minimum Gasteiger partial charge on any atom is -0.494 e. The third kappa shape index (κ3) is 6.60. The summed E-state index contributed by atoms with van der Waals surface area (Å²) in [5, 5.41) is 12.0. The second-order valence-corrected chi connectivity index (χ2v) is 6.61. The zero-order valence-corrected chi connectivity index (χ0v) is 15.0. The van der Waals surface area contributed by atoms with E-state index in [9.17, 15) is 10.1 Å². The summed E-state index contributed by atoms with van der Waals surface area (Å²) >= 11 is 0. The maximum atomic E-state index is 12.1. The molecule has 0 aromatic heterocycles.